The molecule has 1 spiro atoms. The number of carbonyl (C=O) groups is 1. The molecule has 5 heteroatoms. The Hall–Kier alpha value is -1.75. The smallest absolute Gasteiger partial charge is 0.415 e. The summed E-state index contributed by atoms with van der Waals surface area (Å²) in [6.45, 7) is 2.17. The number of rotatable bonds is 1. The molecule has 1 aromatic rings. The van der Waals surface area contributed by atoms with Gasteiger partial charge in [-0.2, -0.15) is 0 Å². The van der Waals surface area contributed by atoms with Crippen LogP contribution < -0.4 is 10.2 Å². The van der Waals surface area contributed by atoms with Crippen LogP contribution >= 0.6 is 0 Å². The predicted molar refractivity (Wildman–Crippen MR) is 66.8 cm³/mol. The standard InChI is InChI=1S/C13H16N2O3/c16-11-4-2-10(3-5-11)15-12(17)18-9-13(15)6-1-7-14-8-13/h2-5,14,16H,1,6-9H2. The lowest BCUT2D eigenvalue weighted by Gasteiger charge is -2.38. The summed E-state index contributed by atoms with van der Waals surface area (Å²) in [5, 5.41) is 12.6. The zero-order valence-corrected chi connectivity index (χ0v) is 10.1. The molecule has 3 rings (SSSR count). The van der Waals surface area contributed by atoms with Gasteiger partial charge in [-0.25, -0.2) is 4.79 Å². The van der Waals surface area contributed by atoms with Crippen LogP contribution in [0.25, 0.3) is 0 Å². The van der Waals surface area contributed by atoms with Crippen molar-refractivity contribution in [3.05, 3.63) is 24.3 Å². The SMILES string of the molecule is O=C1OCC2(CCCNC2)N1c1ccc(O)cc1. The molecule has 2 heterocycles. The van der Waals surface area contributed by atoms with Gasteiger partial charge < -0.3 is 15.2 Å². The summed E-state index contributed by atoms with van der Waals surface area (Å²) in [5.74, 6) is 0.196. The van der Waals surface area contributed by atoms with E-state index in [1.54, 1.807) is 29.2 Å². The van der Waals surface area contributed by atoms with Crippen LogP contribution in [0.5, 0.6) is 5.75 Å². The highest BCUT2D eigenvalue weighted by Crippen LogP contribution is 2.35. The van der Waals surface area contributed by atoms with E-state index in [4.69, 9.17) is 4.74 Å². The minimum atomic E-state index is -0.301. The Labute approximate surface area is 105 Å². The number of piperidine rings is 1. The van der Waals surface area contributed by atoms with Crippen molar-refractivity contribution in [3.63, 3.8) is 0 Å². The number of carbonyl (C=O) groups excluding carboxylic acids is 1. The lowest BCUT2D eigenvalue weighted by atomic mass is 9.89. The van der Waals surface area contributed by atoms with Gasteiger partial charge in [0.05, 0.1) is 5.54 Å². The molecule has 2 aliphatic rings. The van der Waals surface area contributed by atoms with Gasteiger partial charge in [0.15, 0.2) is 0 Å². The summed E-state index contributed by atoms with van der Waals surface area (Å²) in [5.41, 5.74) is 0.505. The Morgan fingerprint density at radius 2 is 2.11 bits per heavy atom. The van der Waals surface area contributed by atoms with E-state index in [1.165, 1.54) is 0 Å². The van der Waals surface area contributed by atoms with E-state index in [-0.39, 0.29) is 17.4 Å². The minimum Gasteiger partial charge on any atom is -0.508 e. The summed E-state index contributed by atoms with van der Waals surface area (Å²) in [7, 11) is 0. The quantitative estimate of drug-likeness (QED) is 0.790. The Kier molecular flexibility index (Phi) is 2.63. The molecule has 1 amide bonds. The van der Waals surface area contributed by atoms with E-state index < -0.39 is 0 Å². The summed E-state index contributed by atoms with van der Waals surface area (Å²) in [4.78, 5) is 13.7. The zero-order chi connectivity index (χ0) is 12.6. The zero-order valence-electron chi connectivity index (χ0n) is 10.1. The van der Waals surface area contributed by atoms with Crippen molar-refractivity contribution in [1.82, 2.24) is 5.32 Å². The van der Waals surface area contributed by atoms with Gasteiger partial charge in [0, 0.05) is 12.2 Å². The molecule has 96 valence electrons. The van der Waals surface area contributed by atoms with Crippen molar-refractivity contribution in [1.29, 1.82) is 0 Å². The maximum atomic E-state index is 11.9. The van der Waals surface area contributed by atoms with Gasteiger partial charge >= 0.3 is 6.09 Å². The lowest BCUT2D eigenvalue weighted by molar-refractivity contribution is 0.167. The molecule has 18 heavy (non-hydrogen) atoms. The van der Waals surface area contributed by atoms with Crippen LogP contribution in [0.4, 0.5) is 10.5 Å². The van der Waals surface area contributed by atoms with E-state index in [2.05, 4.69) is 5.32 Å². The molecule has 2 N–H and O–H groups in total. The van der Waals surface area contributed by atoms with Crippen molar-refractivity contribution in [2.45, 2.75) is 18.4 Å². The molecule has 0 bridgehead atoms. The number of hydrogen-bond donors (Lipinski definition) is 2. The van der Waals surface area contributed by atoms with Crippen LogP contribution in [-0.4, -0.2) is 36.4 Å². The van der Waals surface area contributed by atoms with Crippen LogP contribution in [0.3, 0.4) is 0 Å². The van der Waals surface area contributed by atoms with Gasteiger partial charge in [-0.3, -0.25) is 4.90 Å². The maximum Gasteiger partial charge on any atom is 0.415 e. The molecular formula is C13H16N2O3. The third-order valence-corrected chi connectivity index (χ3v) is 3.68. The summed E-state index contributed by atoms with van der Waals surface area (Å²) < 4.78 is 5.23. The number of amides is 1. The second-order valence-electron chi connectivity index (χ2n) is 4.91. The average Bonchev–Trinajstić information content (AvgIpc) is 2.69. The summed E-state index contributed by atoms with van der Waals surface area (Å²) in [6.07, 6.45) is 1.67. The number of phenolic OH excluding ortho intramolecular Hbond substituents is 1. The first-order valence-electron chi connectivity index (χ1n) is 6.18. The van der Waals surface area contributed by atoms with E-state index in [0.29, 0.717) is 6.61 Å². The van der Waals surface area contributed by atoms with Crippen LogP contribution in [-0.2, 0) is 4.74 Å². The lowest BCUT2D eigenvalue weighted by Crippen LogP contribution is -2.57. The van der Waals surface area contributed by atoms with Crippen molar-refractivity contribution < 1.29 is 14.6 Å². The van der Waals surface area contributed by atoms with Crippen LogP contribution in [0, 0.1) is 0 Å². The number of aromatic hydroxyl groups is 1. The predicted octanol–water partition coefficient (Wildman–Crippen LogP) is 1.47. The van der Waals surface area contributed by atoms with Gasteiger partial charge in [0.2, 0.25) is 0 Å². The van der Waals surface area contributed by atoms with Crippen molar-refractivity contribution in [3.8, 4) is 5.75 Å². The van der Waals surface area contributed by atoms with Gasteiger partial charge in [0.1, 0.15) is 12.4 Å². The fraction of sp³-hybridized carbons (Fsp3) is 0.462. The average molecular weight is 248 g/mol. The number of hydrogen-bond acceptors (Lipinski definition) is 4. The summed E-state index contributed by atoms with van der Waals surface area (Å²) in [6, 6.07) is 6.67. The molecule has 0 aromatic heterocycles. The van der Waals surface area contributed by atoms with Gasteiger partial charge in [-0.1, -0.05) is 0 Å². The molecular weight excluding hydrogens is 232 g/mol. The third kappa shape index (κ3) is 1.71. The summed E-state index contributed by atoms with van der Waals surface area (Å²) >= 11 is 0. The molecule has 0 aliphatic carbocycles. The molecule has 1 aromatic carbocycles. The van der Waals surface area contributed by atoms with E-state index in [1.807, 2.05) is 0 Å². The molecule has 2 aliphatic heterocycles. The van der Waals surface area contributed by atoms with E-state index in [0.717, 1.165) is 31.6 Å². The molecule has 5 nitrogen and oxygen atoms in total. The first kappa shape index (κ1) is 11.3. The molecule has 1 unspecified atom stereocenters. The molecule has 0 saturated carbocycles. The second kappa shape index (κ2) is 4.17. The highest BCUT2D eigenvalue weighted by molar-refractivity contribution is 5.91. The Balaban J connectivity index is 1.96. The number of benzene rings is 1. The normalized spacial score (nSPS) is 27.6. The van der Waals surface area contributed by atoms with Crippen molar-refractivity contribution in [2.75, 3.05) is 24.6 Å². The number of cyclic esters (lactones) is 1. The Morgan fingerprint density at radius 1 is 1.33 bits per heavy atom. The van der Waals surface area contributed by atoms with Gasteiger partial charge in [-0.05, 0) is 43.7 Å². The monoisotopic (exact) mass is 248 g/mol. The first-order chi connectivity index (χ1) is 8.71. The highest BCUT2D eigenvalue weighted by Gasteiger charge is 2.48. The molecule has 2 fully saturated rings. The van der Waals surface area contributed by atoms with Crippen LogP contribution in [0.15, 0.2) is 24.3 Å². The maximum absolute atomic E-state index is 11.9. The topological polar surface area (TPSA) is 61.8 Å². The highest BCUT2D eigenvalue weighted by atomic mass is 16.6. The fourth-order valence-electron chi connectivity index (χ4n) is 2.77. The van der Waals surface area contributed by atoms with Crippen molar-refractivity contribution in [2.24, 2.45) is 0 Å². The second-order valence-corrected chi connectivity index (χ2v) is 4.91. The van der Waals surface area contributed by atoms with Gasteiger partial charge in [0.25, 0.3) is 0 Å². The van der Waals surface area contributed by atoms with Crippen molar-refractivity contribution >= 4 is 11.8 Å². The fourth-order valence-corrected chi connectivity index (χ4v) is 2.77. The van der Waals surface area contributed by atoms with E-state index >= 15 is 0 Å². The molecule has 0 radical (unpaired) electrons. The van der Waals surface area contributed by atoms with Gasteiger partial charge in [-0.15, -0.1) is 0 Å². The number of phenols is 1. The minimum absolute atomic E-state index is 0.196. The number of nitrogens with one attached hydrogen (secondary N) is 1. The number of anilines is 1. The van der Waals surface area contributed by atoms with Crippen LogP contribution in [0.2, 0.25) is 0 Å². The molecule has 1 atom stereocenters. The Bertz CT molecular complexity index is 452. The first-order valence-corrected chi connectivity index (χ1v) is 6.18. The largest absolute Gasteiger partial charge is 0.508 e. The van der Waals surface area contributed by atoms with Crippen LogP contribution in [0.1, 0.15) is 12.8 Å². The third-order valence-electron chi connectivity index (χ3n) is 3.68. The number of ether oxygens (including phenoxy) is 1. The number of nitrogens with zero attached hydrogens (tertiary/aromatic N) is 1. The molecule has 2 saturated heterocycles. The van der Waals surface area contributed by atoms with E-state index in [9.17, 15) is 9.90 Å². The Morgan fingerprint density at radius 3 is 2.78 bits per heavy atom.